The molecule has 3 heteroatoms. The molecule has 0 aromatic rings. The zero-order chi connectivity index (χ0) is 12.8. The normalized spacial score (nSPS) is 14.9. The standard InChI is InChI=1S/C13H28O2Si/c1-7-8-9-12(14)10-11-15-16(5,6)13(2,3)4/h7,12,14H,1,8-11H2,2-6H3. The van der Waals surface area contributed by atoms with Gasteiger partial charge in [0.05, 0.1) is 6.10 Å². The molecule has 0 rings (SSSR count). The van der Waals surface area contributed by atoms with E-state index in [1.807, 2.05) is 6.08 Å². The average Bonchev–Trinajstić information content (AvgIpc) is 2.12. The Balaban J connectivity index is 3.85. The van der Waals surface area contributed by atoms with Gasteiger partial charge in [-0.05, 0) is 37.4 Å². The van der Waals surface area contributed by atoms with Gasteiger partial charge >= 0.3 is 0 Å². The van der Waals surface area contributed by atoms with Crippen LogP contribution >= 0.6 is 0 Å². The number of aliphatic hydroxyl groups is 1. The van der Waals surface area contributed by atoms with Gasteiger partial charge in [0.2, 0.25) is 0 Å². The molecule has 0 heterocycles. The average molecular weight is 244 g/mol. The largest absolute Gasteiger partial charge is 0.417 e. The molecule has 0 aromatic carbocycles. The van der Waals surface area contributed by atoms with Gasteiger partial charge in [-0.15, -0.1) is 6.58 Å². The molecular weight excluding hydrogens is 216 g/mol. The summed E-state index contributed by atoms with van der Waals surface area (Å²) in [7, 11) is -1.63. The molecule has 0 amide bonds. The van der Waals surface area contributed by atoms with E-state index in [0.717, 1.165) is 19.3 Å². The van der Waals surface area contributed by atoms with Crippen molar-refractivity contribution in [1.82, 2.24) is 0 Å². The topological polar surface area (TPSA) is 29.5 Å². The van der Waals surface area contributed by atoms with Crippen LogP contribution in [0.1, 0.15) is 40.0 Å². The fourth-order valence-electron chi connectivity index (χ4n) is 1.12. The van der Waals surface area contributed by atoms with Crippen molar-refractivity contribution in [3.63, 3.8) is 0 Å². The van der Waals surface area contributed by atoms with Crippen molar-refractivity contribution < 1.29 is 9.53 Å². The highest BCUT2D eigenvalue weighted by Gasteiger charge is 2.36. The summed E-state index contributed by atoms with van der Waals surface area (Å²) in [5.41, 5.74) is 0. The van der Waals surface area contributed by atoms with Crippen LogP contribution in [0.15, 0.2) is 12.7 Å². The summed E-state index contributed by atoms with van der Waals surface area (Å²) < 4.78 is 6.00. The van der Waals surface area contributed by atoms with Crippen LogP contribution < -0.4 is 0 Å². The first kappa shape index (κ1) is 15.9. The minimum atomic E-state index is -1.63. The lowest BCUT2D eigenvalue weighted by Gasteiger charge is -2.36. The number of rotatable bonds is 7. The molecule has 1 unspecified atom stereocenters. The van der Waals surface area contributed by atoms with Gasteiger partial charge in [-0.25, -0.2) is 0 Å². The van der Waals surface area contributed by atoms with Crippen molar-refractivity contribution >= 4 is 8.32 Å². The van der Waals surface area contributed by atoms with Crippen LogP contribution in [0.3, 0.4) is 0 Å². The molecule has 0 saturated carbocycles. The van der Waals surface area contributed by atoms with E-state index < -0.39 is 8.32 Å². The molecule has 0 radical (unpaired) electrons. The Hall–Kier alpha value is -0.123. The van der Waals surface area contributed by atoms with Crippen LogP contribution in [0.4, 0.5) is 0 Å². The molecule has 96 valence electrons. The second-order valence-corrected chi connectivity index (χ2v) is 10.7. The number of aliphatic hydroxyl groups excluding tert-OH is 1. The zero-order valence-corrected chi connectivity index (χ0v) is 12.5. The highest BCUT2D eigenvalue weighted by atomic mass is 28.4. The Morgan fingerprint density at radius 2 is 1.88 bits per heavy atom. The molecule has 0 aliphatic carbocycles. The molecule has 0 spiro atoms. The van der Waals surface area contributed by atoms with E-state index >= 15 is 0 Å². The summed E-state index contributed by atoms with van der Waals surface area (Å²) in [4.78, 5) is 0. The maximum absolute atomic E-state index is 9.67. The van der Waals surface area contributed by atoms with E-state index in [-0.39, 0.29) is 11.1 Å². The lowest BCUT2D eigenvalue weighted by atomic mass is 10.1. The Kier molecular flexibility index (Phi) is 6.52. The molecule has 1 atom stereocenters. The van der Waals surface area contributed by atoms with E-state index in [9.17, 15) is 5.11 Å². The highest BCUT2D eigenvalue weighted by molar-refractivity contribution is 6.74. The Bertz CT molecular complexity index is 206. The maximum Gasteiger partial charge on any atom is 0.191 e. The van der Waals surface area contributed by atoms with E-state index in [1.165, 1.54) is 0 Å². The van der Waals surface area contributed by atoms with Crippen LogP contribution in [0.2, 0.25) is 18.1 Å². The Morgan fingerprint density at radius 1 is 1.31 bits per heavy atom. The van der Waals surface area contributed by atoms with Gasteiger partial charge in [0.1, 0.15) is 0 Å². The second kappa shape index (κ2) is 6.57. The summed E-state index contributed by atoms with van der Waals surface area (Å²) in [6, 6.07) is 0. The molecule has 0 bridgehead atoms. The molecule has 1 N–H and O–H groups in total. The van der Waals surface area contributed by atoms with Crippen molar-refractivity contribution in [1.29, 1.82) is 0 Å². The van der Waals surface area contributed by atoms with E-state index in [0.29, 0.717) is 6.61 Å². The van der Waals surface area contributed by atoms with Crippen LogP contribution in [0.25, 0.3) is 0 Å². The van der Waals surface area contributed by atoms with Gasteiger partial charge in [-0.3, -0.25) is 0 Å². The number of hydrogen-bond donors (Lipinski definition) is 1. The van der Waals surface area contributed by atoms with Gasteiger partial charge in [0.25, 0.3) is 0 Å². The molecule has 2 nitrogen and oxygen atoms in total. The molecule has 0 aliphatic heterocycles. The van der Waals surface area contributed by atoms with Crippen LogP contribution in [-0.4, -0.2) is 26.1 Å². The van der Waals surface area contributed by atoms with Crippen molar-refractivity contribution in [3.05, 3.63) is 12.7 Å². The SMILES string of the molecule is C=CCCC(O)CCO[Si](C)(C)C(C)(C)C. The third kappa shape index (κ3) is 5.82. The zero-order valence-electron chi connectivity index (χ0n) is 11.5. The predicted molar refractivity (Wildman–Crippen MR) is 73.2 cm³/mol. The predicted octanol–water partition coefficient (Wildman–Crippen LogP) is 3.73. The van der Waals surface area contributed by atoms with Gasteiger partial charge in [0, 0.05) is 6.61 Å². The Morgan fingerprint density at radius 3 is 2.31 bits per heavy atom. The fraction of sp³-hybridized carbons (Fsp3) is 0.846. The quantitative estimate of drug-likeness (QED) is 0.546. The molecule has 0 aromatic heterocycles. The minimum absolute atomic E-state index is 0.247. The van der Waals surface area contributed by atoms with Crippen molar-refractivity contribution in [2.75, 3.05) is 6.61 Å². The fourth-order valence-corrected chi connectivity index (χ4v) is 2.18. The number of hydrogen-bond acceptors (Lipinski definition) is 2. The van der Waals surface area contributed by atoms with Gasteiger partial charge < -0.3 is 9.53 Å². The van der Waals surface area contributed by atoms with Crippen LogP contribution in [0, 0.1) is 0 Å². The molecule has 0 saturated heterocycles. The third-order valence-corrected chi connectivity index (χ3v) is 7.96. The van der Waals surface area contributed by atoms with Gasteiger partial charge in [0.15, 0.2) is 8.32 Å². The summed E-state index contributed by atoms with van der Waals surface area (Å²) in [5.74, 6) is 0. The van der Waals surface area contributed by atoms with Crippen LogP contribution in [-0.2, 0) is 4.43 Å². The van der Waals surface area contributed by atoms with Crippen molar-refractivity contribution in [2.45, 2.75) is 64.3 Å². The first-order valence-electron chi connectivity index (χ1n) is 6.13. The van der Waals surface area contributed by atoms with Crippen molar-refractivity contribution in [3.8, 4) is 0 Å². The first-order chi connectivity index (χ1) is 7.20. The Labute approximate surface area is 102 Å². The molecule has 0 fully saturated rings. The summed E-state index contributed by atoms with van der Waals surface area (Å²) in [5, 5.41) is 9.92. The van der Waals surface area contributed by atoms with Gasteiger partial charge in [-0.1, -0.05) is 26.8 Å². The summed E-state index contributed by atoms with van der Waals surface area (Å²) in [6.45, 7) is 15.5. The summed E-state index contributed by atoms with van der Waals surface area (Å²) >= 11 is 0. The number of allylic oxidation sites excluding steroid dienone is 1. The molecular formula is C13H28O2Si. The molecule has 16 heavy (non-hydrogen) atoms. The van der Waals surface area contributed by atoms with E-state index in [2.05, 4.69) is 40.4 Å². The minimum Gasteiger partial charge on any atom is -0.417 e. The molecule has 0 aliphatic rings. The van der Waals surface area contributed by atoms with E-state index in [1.54, 1.807) is 0 Å². The summed E-state index contributed by atoms with van der Waals surface area (Å²) in [6.07, 6.45) is 4.01. The highest BCUT2D eigenvalue weighted by Crippen LogP contribution is 2.36. The van der Waals surface area contributed by atoms with Crippen molar-refractivity contribution in [2.24, 2.45) is 0 Å². The lowest BCUT2D eigenvalue weighted by Crippen LogP contribution is -2.41. The van der Waals surface area contributed by atoms with E-state index in [4.69, 9.17) is 4.43 Å². The lowest BCUT2D eigenvalue weighted by molar-refractivity contribution is 0.128. The second-order valence-electron chi connectivity index (χ2n) is 5.92. The first-order valence-corrected chi connectivity index (χ1v) is 9.04. The van der Waals surface area contributed by atoms with Gasteiger partial charge in [-0.2, -0.15) is 0 Å². The smallest absolute Gasteiger partial charge is 0.191 e. The van der Waals surface area contributed by atoms with Crippen LogP contribution in [0.5, 0.6) is 0 Å². The third-order valence-electron chi connectivity index (χ3n) is 3.42. The maximum atomic E-state index is 9.67. The monoisotopic (exact) mass is 244 g/mol.